The molecule has 2 aromatic carbocycles. The summed E-state index contributed by atoms with van der Waals surface area (Å²) in [7, 11) is 0. The summed E-state index contributed by atoms with van der Waals surface area (Å²) in [6, 6.07) is 14.6. The van der Waals surface area contributed by atoms with Crippen LogP contribution in [-0.2, 0) is 20.7 Å². The lowest BCUT2D eigenvalue weighted by Crippen LogP contribution is -2.43. The van der Waals surface area contributed by atoms with E-state index in [1.54, 1.807) is 27.7 Å². The van der Waals surface area contributed by atoms with Crippen molar-refractivity contribution in [3.63, 3.8) is 0 Å². The molecule has 4 rings (SSSR count). The molecule has 0 radical (unpaired) electrons. The number of hydrogen-bond acceptors (Lipinski definition) is 6. The molecule has 36 heavy (non-hydrogen) atoms. The lowest BCUT2D eigenvalue weighted by Gasteiger charge is -2.20. The van der Waals surface area contributed by atoms with Crippen LogP contribution in [0.1, 0.15) is 49.2 Å². The van der Waals surface area contributed by atoms with E-state index in [0.29, 0.717) is 11.4 Å². The van der Waals surface area contributed by atoms with Crippen LogP contribution in [0.4, 0.5) is 9.59 Å². The van der Waals surface area contributed by atoms with Crippen molar-refractivity contribution in [1.82, 2.24) is 14.9 Å². The molecule has 1 atom stereocenters. The van der Waals surface area contributed by atoms with Gasteiger partial charge in [-0.3, -0.25) is 0 Å². The van der Waals surface area contributed by atoms with Crippen molar-refractivity contribution in [3.05, 3.63) is 77.4 Å². The van der Waals surface area contributed by atoms with E-state index in [1.165, 1.54) is 10.9 Å². The van der Waals surface area contributed by atoms with Crippen LogP contribution < -0.4 is 5.32 Å². The second-order valence-electron chi connectivity index (χ2n) is 9.69. The summed E-state index contributed by atoms with van der Waals surface area (Å²) in [5.74, 6) is -1.38. The minimum absolute atomic E-state index is 0.0680. The summed E-state index contributed by atoms with van der Waals surface area (Å²) in [4.78, 5) is 41.0. The highest BCUT2D eigenvalue weighted by atomic mass is 16.6. The Hall–Kier alpha value is -4.14. The van der Waals surface area contributed by atoms with Gasteiger partial charge in [-0.25, -0.2) is 23.9 Å². The largest absolute Gasteiger partial charge is 0.480 e. The summed E-state index contributed by atoms with van der Waals surface area (Å²) in [5.41, 5.74) is 4.41. The Kier molecular flexibility index (Phi) is 6.83. The molecule has 1 unspecified atom stereocenters. The van der Waals surface area contributed by atoms with Gasteiger partial charge in [0.15, 0.2) is 0 Å². The van der Waals surface area contributed by atoms with Crippen LogP contribution in [0.5, 0.6) is 0 Å². The second kappa shape index (κ2) is 9.85. The third kappa shape index (κ3) is 5.25. The van der Waals surface area contributed by atoms with Gasteiger partial charge in [0.2, 0.25) is 0 Å². The van der Waals surface area contributed by atoms with Gasteiger partial charge in [-0.05, 0) is 49.9 Å². The van der Waals surface area contributed by atoms with Crippen molar-refractivity contribution in [2.75, 3.05) is 6.61 Å². The predicted molar refractivity (Wildman–Crippen MR) is 132 cm³/mol. The number of imidazole rings is 1. The summed E-state index contributed by atoms with van der Waals surface area (Å²) >= 11 is 0. The fourth-order valence-corrected chi connectivity index (χ4v) is 4.32. The first-order valence-electron chi connectivity index (χ1n) is 11.7. The van der Waals surface area contributed by atoms with Gasteiger partial charge in [0, 0.05) is 18.0 Å². The molecular formula is C27H29N3O6. The van der Waals surface area contributed by atoms with E-state index in [4.69, 9.17) is 9.47 Å². The molecule has 0 bridgehead atoms. The first-order valence-corrected chi connectivity index (χ1v) is 11.7. The number of fused-ring (bicyclic) bond motifs is 3. The van der Waals surface area contributed by atoms with Crippen molar-refractivity contribution in [2.24, 2.45) is 0 Å². The standard InChI is InChI=1S/C27H29N3O6/c1-16-22(28-15-30(16)26(34)36-27(2,3)4)13-23(24(31)32)29-25(33)35-14-21-19-11-7-5-9-17(19)18-10-6-8-12-20(18)21/h5-12,15,21,23H,13-14H2,1-4H3,(H,29,33)(H,31,32). The topological polar surface area (TPSA) is 120 Å². The van der Waals surface area contributed by atoms with E-state index in [1.807, 2.05) is 48.5 Å². The summed E-state index contributed by atoms with van der Waals surface area (Å²) < 4.78 is 12.0. The molecule has 1 amide bonds. The van der Waals surface area contributed by atoms with E-state index in [9.17, 15) is 19.5 Å². The number of ether oxygens (including phenoxy) is 2. The molecule has 0 saturated carbocycles. The maximum absolute atomic E-state index is 12.6. The maximum Gasteiger partial charge on any atom is 0.420 e. The van der Waals surface area contributed by atoms with Gasteiger partial charge in [-0.15, -0.1) is 0 Å². The second-order valence-corrected chi connectivity index (χ2v) is 9.69. The fourth-order valence-electron chi connectivity index (χ4n) is 4.32. The zero-order valence-corrected chi connectivity index (χ0v) is 20.6. The number of hydrogen-bond donors (Lipinski definition) is 2. The fraction of sp³-hybridized carbons (Fsp3) is 0.333. The van der Waals surface area contributed by atoms with Gasteiger partial charge in [0.1, 0.15) is 24.6 Å². The zero-order valence-electron chi connectivity index (χ0n) is 20.6. The molecule has 9 heteroatoms. The van der Waals surface area contributed by atoms with E-state index in [2.05, 4.69) is 10.3 Å². The Morgan fingerprint density at radius 1 is 1.06 bits per heavy atom. The smallest absolute Gasteiger partial charge is 0.420 e. The first kappa shape index (κ1) is 25.0. The monoisotopic (exact) mass is 491 g/mol. The predicted octanol–water partition coefficient (Wildman–Crippen LogP) is 4.51. The molecule has 188 valence electrons. The average molecular weight is 492 g/mol. The van der Waals surface area contributed by atoms with Gasteiger partial charge in [-0.2, -0.15) is 0 Å². The number of carbonyl (C=O) groups excluding carboxylic acids is 2. The van der Waals surface area contributed by atoms with Crippen molar-refractivity contribution < 1.29 is 29.0 Å². The van der Waals surface area contributed by atoms with Crippen LogP contribution >= 0.6 is 0 Å². The Balaban J connectivity index is 1.41. The third-order valence-electron chi connectivity index (χ3n) is 6.03. The lowest BCUT2D eigenvalue weighted by atomic mass is 9.98. The maximum atomic E-state index is 12.6. The first-order chi connectivity index (χ1) is 17.0. The number of carboxylic acids is 1. The average Bonchev–Trinajstić information content (AvgIpc) is 3.34. The normalized spacial score (nSPS) is 13.4. The summed E-state index contributed by atoms with van der Waals surface area (Å²) in [6.45, 7) is 6.95. The molecule has 1 aliphatic rings. The van der Waals surface area contributed by atoms with E-state index >= 15 is 0 Å². The van der Waals surface area contributed by atoms with Crippen LogP contribution in [0.2, 0.25) is 0 Å². The lowest BCUT2D eigenvalue weighted by molar-refractivity contribution is -0.139. The highest BCUT2D eigenvalue weighted by molar-refractivity contribution is 5.81. The number of carbonyl (C=O) groups is 3. The molecule has 1 heterocycles. The zero-order chi connectivity index (χ0) is 26.0. The molecule has 0 saturated heterocycles. The Morgan fingerprint density at radius 3 is 2.19 bits per heavy atom. The van der Waals surface area contributed by atoms with Crippen LogP contribution in [-0.4, -0.2) is 51.1 Å². The Bertz CT molecular complexity index is 1260. The van der Waals surface area contributed by atoms with Crippen molar-refractivity contribution in [3.8, 4) is 11.1 Å². The van der Waals surface area contributed by atoms with Crippen molar-refractivity contribution in [1.29, 1.82) is 0 Å². The number of rotatable bonds is 6. The number of alkyl carbamates (subject to hydrolysis) is 1. The van der Waals surface area contributed by atoms with E-state index in [-0.39, 0.29) is 18.9 Å². The minimum atomic E-state index is -1.29. The van der Waals surface area contributed by atoms with Crippen LogP contribution in [0.3, 0.4) is 0 Å². The number of nitrogens with one attached hydrogen (secondary N) is 1. The van der Waals surface area contributed by atoms with Gasteiger partial charge in [0.05, 0.1) is 5.69 Å². The molecule has 3 aromatic rings. The van der Waals surface area contributed by atoms with E-state index < -0.39 is 29.8 Å². The van der Waals surface area contributed by atoms with Crippen LogP contribution in [0, 0.1) is 6.92 Å². The number of benzene rings is 2. The Labute approximate surface area is 209 Å². The van der Waals surface area contributed by atoms with Gasteiger partial charge in [0.25, 0.3) is 0 Å². The molecule has 9 nitrogen and oxygen atoms in total. The van der Waals surface area contributed by atoms with Crippen molar-refractivity contribution in [2.45, 2.75) is 51.7 Å². The molecular weight excluding hydrogens is 462 g/mol. The highest BCUT2D eigenvalue weighted by Crippen LogP contribution is 2.44. The summed E-state index contributed by atoms with van der Waals surface area (Å²) in [5, 5.41) is 12.1. The van der Waals surface area contributed by atoms with E-state index in [0.717, 1.165) is 22.3 Å². The molecule has 1 aromatic heterocycles. The molecule has 0 fully saturated rings. The quantitative estimate of drug-likeness (QED) is 0.521. The number of amides is 1. The molecule has 0 spiro atoms. The summed E-state index contributed by atoms with van der Waals surface area (Å²) in [6.07, 6.45) is -0.296. The van der Waals surface area contributed by atoms with Gasteiger partial charge >= 0.3 is 18.2 Å². The minimum Gasteiger partial charge on any atom is -0.480 e. The third-order valence-corrected chi connectivity index (χ3v) is 6.03. The van der Waals surface area contributed by atoms with Gasteiger partial charge < -0.3 is 19.9 Å². The van der Waals surface area contributed by atoms with Crippen LogP contribution in [0.25, 0.3) is 11.1 Å². The number of aliphatic carboxylic acids is 1. The number of aromatic nitrogens is 2. The molecule has 2 N–H and O–H groups in total. The van der Waals surface area contributed by atoms with Crippen molar-refractivity contribution >= 4 is 18.2 Å². The van der Waals surface area contributed by atoms with Crippen LogP contribution in [0.15, 0.2) is 54.9 Å². The Morgan fingerprint density at radius 2 is 1.64 bits per heavy atom. The van der Waals surface area contributed by atoms with Gasteiger partial charge in [-0.1, -0.05) is 48.5 Å². The molecule has 0 aliphatic heterocycles. The SMILES string of the molecule is Cc1c(CC(NC(=O)OCC2c3ccccc3-c3ccccc32)C(=O)O)ncn1C(=O)OC(C)(C)C. The number of carboxylic acid groups (broad SMARTS) is 1. The molecule has 1 aliphatic carbocycles. The number of nitrogens with zero attached hydrogens (tertiary/aromatic N) is 2. The highest BCUT2D eigenvalue weighted by Gasteiger charge is 2.30.